The van der Waals surface area contributed by atoms with Crippen molar-refractivity contribution >= 4 is 0 Å². The van der Waals surface area contributed by atoms with Gasteiger partial charge < -0.3 is 10.8 Å². The molecule has 1 aromatic rings. The topological polar surface area (TPSA) is 46.2 Å². The third-order valence-corrected chi connectivity index (χ3v) is 4.05. The molecule has 1 aliphatic rings. The van der Waals surface area contributed by atoms with E-state index in [-0.39, 0.29) is 12.6 Å². The van der Waals surface area contributed by atoms with Gasteiger partial charge in [0.1, 0.15) is 0 Å². The first-order valence-electron chi connectivity index (χ1n) is 6.67. The average Bonchev–Trinajstić information content (AvgIpc) is 2.39. The normalized spacial score (nSPS) is 26.8. The summed E-state index contributed by atoms with van der Waals surface area (Å²) in [6, 6.07) is 8.12. The first-order chi connectivity index (χ1) is 8.22. The fourth-order valence-corrected chi connectivity index (χ4v) is 2.89. The summed E-state index contributed by atoms with van der Waals surface area (Å²) in [5, 5.41) is 9.23. The minimum absolute atomic E-state index is 0.0279. The Morgan fingerprint density at radius 1 is 1.24 bits per heavy atom. The molecule has 2 heteroatoms. The van der Waals surface area contributed by atoms with Crippen molar-refractivity contribution in [1.82, 2.24) is 0 Å². The van der Waals surface area contributed by atoms with Crippen molar-refractivity contribution in [1.29, 1.82) is 0 Å². The lowest BCUT2D eigenvalue weighted by Gasteiger charge is -2.29. The highest BCUT2D eigenvalue weighted by Crippen LogP contribution is 2.37. The number of nitrogens with two attached hydrogens (primary N) is 1. The zero-order valence-corrected chi connectivity index (χ0v) is 10.6. The summed E-state index contributed by atoms with van der Waals surface area (Å²) in [6.07, 6.45) is 5.15. The van der Waals surface area contributed by atoms with Gasteiger partial charge >= 0.3 is 0 Å². The van der Waals surface area contributed by atoms with E-state index in [0.29, 0.717) is 5.92 Å². The van der Waals surface area contributed by atoms with Crippen LogP contribution in [-0.2, 0) is 0 Å². The molecule has 0 aliphatic heterocycles. The lowest BCUT2D eigenvalue weighted by molar-refractivity contribution is 0.266. The molecular formula is C15H23NO. The number of hydrogen-bond acceptors (Lipinski definition) is 2. The monoisotopic (exact) mass is 233 g/mol. The molecule has 1 aromatic carbocycles. The van der Waals surface area contributed by atoms with Gasteiger partial charge in [0.05, 0.1) is 12.6 Å². The molecule has 17 heavy (non-hydrogen) atoms. The second kappa shape index (κ2) is 5.65. The molecule has 0 bridgehead atoms. The predicted molar refractivity (Wildman–Crippen MR) is 70.8 cm³/mol. The van der Waals surface area contributed by atoms with Crippen LogP contribution in [0.15, 0.2) is 24.3 Å². The van der Waals surface area contributed by atoms with Crippen LogP contribution in [0.4, 0.5) is 0 Å². The molecular weight excluding hydrogens is 210 g/mol. The van der Waals surface area contributed by atoms with Gasteiger partial charge in [0.25, 0.3) is 0 Å². The Morgan fingerprint density at radius 2 is 1.88 bits per heavy atom. The van der Waals surface area contributed by atoms with Crippen LogP contribution in [0, 0.1) is 5.92 Å². The molecule has 0 radical (unpaired) electrons. The smallest absolute Gasteiger partial charge is 0.0624 e. The zero-order chi connectivity index (χ0) is 12.3. The molecule has 1 fully saturated rings. The highest BCUT2D eigenvalue weighted by molar-refractivity contribution is 5.33. The maximum Gasteiger partial charge on any atom is 0.0624 e. The minimum Gasteiger partial charge on any atom is -0.394 e. The SMILES string of the molecule is CC1CCC(c2ccccc2C(N)CO)CC1. The second-order valence-electron chi connectivity index (χ2n) is 5.37. The second-order valence-corrected chi connectivity index (χ2v) is 5.37. The molecule has 0 heterocycles. The maximum absolute atomic E-state index is 9.23. The number of benzene rings is 1. The van der Waals surface area contributed by atoms with E-state index < -0.39 is 0 Å². The van der Waals surface area contributed by atoms with Crippen LogP contribution < -0.4 is 5.73 Å². The largest absolute Gasteiger partial charge is 0.394 e. The van der Waals surface area contributed by atoms with Crippen LogP contribution in [0.25, 0.3) is 0 Å². The van der Waals surface area contributed by atoms with Crippen molar-refractivity contribution in [3.05, 3.63) is 35.4 Å². The summed E-state index contributed by atoms with van der Waals surface area (Å²) in [7, 11) is 0. The minimum atomic E-state index is -0.231. The Morgan fingerprint density at radius 3 is 2.53 bits per heavy atom. The average molecular weight is 233 g/mol. The molecule has 0 aromatic heterocycles. The van der Waals surface area contributed by atoms with E-state index in [1.807, 2.05) is 6.07 Å². The molecule has 94 valence electrons. The Balaban J connectivity index is 2.19. The molecule has 1 saturated carbocycles. The van der Waals surface area contributed by atoms with Crippen molar-refractivity contribution in [2.75, 3.05) is 6.61 Å². The van der Waals surface area contributed by atoms with Crippen molar-refractivity contribution in [2.24, 2.45) is 11.7 Å². The quantitative estimate of drug-likeness (QED) is 0.843. The summed E-state index contributed by atoms with van der Waals surface area (Å²) in [5.41, 5.74) is 8.47. The van der Waals surface area contributed by atoms with E-state index in [9.17, 15) is 5.11 Å². The van der Waals surface area contributed by atoms with Crippen molar-refractivity contribution in [3.8, 4) is 0 Å². The van der Waals surface area contributed by atoms with Gasteiger partial charge in [-0.1, -0.05) is 44.0 Å². The van der Waals surface area contributed by atoms with Crippen molar-refractivity contribution < 1.29 is 5.11 Å². The first-order valence-corrected chi connectivity index (χ1v) is 6.67. The Kier molecular flexibility index (Phi) is 4.19. The van der Waals surface area contributed by atoms with Gasteiger partial charge in [0.2, 0.25) is 0 Å². The summed E-state index contributed by atoms with van der Waals surface area (Å²) in [6.45, 7) is 2.36. The highest BCUT2D eigenvalue weighted by atomic mass is 16.3. The van der Waals surface area contributed by atoms with Gasteiger partial charge in [0, 0.05) is 0 Å². The standard InChI is InChI=1S/C15H23NO/c1-11-6-8-12(9-7-11)13-4-2-3-5-14(13)15(16)10-17/h2-5,11-12,15,17H,6-10,16H2,1H3. The summed E-state index contributed by atoms with van der Waals surface area (Å²) < 4.78 is 0. The Bertz CT molecular complexity index is 356. The zero-order valence-electron chi connectivity index (χ0n) is 10.6. The van der Waals surface area contributed by atoms with E-state index >= 15 is 0 Å². The number of rotatable bonds is 3. The molecule has 2 rings (SSSR count). The van der Waals surface area contributed by atoms with Crippen LogP contribution >= 0.6 is 0 Å². The van der Waals surface area contributed by atoms with E-state index in [0.717, 1.165) is 11.5 Å². The molecule has 0 spiro atoms. The maximum atomic E-state index is 9.23. The number of hydrogen-bond donors (Lipinski definition) is 2. The molecule has 0 amide bonds. The van der Waals surface area contributed by atoms with E-state index in [4.69, 9.17) is 5.73 Å². The molecule has 1 aliphatic carbocycles. The molecule has 3 N–H and O–H groups in total. The molecule has 1 unspecified atom stereocenters. The van der Waals surface area contributed by atoms with Crippen LogP contribution in [-0.4, -0.2) is 11.7 Å². The van der Waals surface area contributed by atoms with Gasteiger partial charge in [-0.05, 0) is 35.8 Å². The lowest BCUT2D eigenvalue weighted by Crippen LogP contribution is -2.19. The van der Waals surface area contributed by atoms with Crippen LogP contribution in [0.5, 0.6) is 0 Å². The highest BCUT2D eigenvalue weighted by Gasteiger charge is 2.22. The molecule has 2 nitrogen and oxygen atoms in total. The summed E-state index contributed by atoms with van der Waals surface area (Å²) in [4.78, 5) is 0. The van der Waals surface area contributed by atoms with Gasteiger partial charge in [-0.25, -0.2) is 0 Å². The number of aliphatic hydroxyl groups is 1. The summed E-state index contributed by atoms with van der Waals surface area (Å²) in [5.74, 6) is 1.50. The summed E-state index contributed by atoms with van der Waals surface area (Å²) >= 11 is 0. The third kappa shape index (κ3) is 2.88. The first kappa shape index (κ1) is 12.6. The van der Waals surface area contributed by atoms with E-state index in [2.05, 4.69) is 25.1 Å². The molecule has 0 saturated heterocycles. The van der Waals surface area contributed by atoms with Crippen molar-refractivity contribution in [3.63, 3.8) is 0 Å². The van der Waals surface area contributed by atoms with Crippen LogP contribution in [0.2, 0.25) is 0 Å². The fraction of sp³-hybridized carbons (Fsp3) is 0.600. The molecule has 1 atom stereocenters. The Labute approximate surface area is 104 Å². The van der Waals surface area contributed by atoms with Gasteiger partial charge in [-0.3, -0.25) is 0 Å². The predicted octanol–water partition coefficient (Wildman–Crippen LogP) is 2.97. The Hall–Kier alpha value is -0.860. The third-order valence-electron chi connectivity index (χ3n) is 4.05. The van der Waals surface area contributed by atoms with E-state index in [1.165, 1.54) is 31.2 Å². The van der Waals surface area contributed by atoms with E-state index in [1.54, 1.807) is 0 Å². The van der Waals surface area contributed by atoms with Crippen molar-refractivity contribution in [2.45, 2.75) is 44.6 Å². The number of aliphatic hydroxyl groups excluding tert-OH is 1. The lowest BCUT2D eigenvalue weighted by atomic mass is 9.77. The van der Waals surface area contributed by atoms with Crippen LogP contribution in [0.3, 0.4) is 0 Å². The van der Waals surface area contributed by atoms with Crippen LogP contribution in [0.1, 0.15) is 55.7 Å². The van der Waals surface area contributed by atoms with Gasteiger partial charge in [-0.15, -0.1) is 0 Å². The fourth-order valence-electron chi connectivity index (χ4n) is 2.89. The van der Waals surface area contributed by atoms with Gasteiger partial charge in [-0.2, -0.15) is 0 Å². The van der Waals surface area contributed by atoms with Gasteiger partial charge in [0.15, 0.2) is 0 Å².